The number of piperidine rings is 1. The molecule has 1 heterocycles. The summed E-state index contributed by atoms with van der Waals surface area (Å²) in [6.07, 6.45) is 3.81. The van der Waals surface area contributed by atoms with Crippen LogP contribution in [0.5, 0.6) is 0 Å². The van der Waals surface area contributed by atoms with Gasteiger partial charge in [-0.1, -0.05) is 41.1 Å². The van der Waals surface area contributed by atoms with Crippen LogP contribution in [0.4, 0.5) is 0 Å². The summed E-state index contributed by atoms with van der Waals surface area (Å²) in [5.41, 5.74) is 1.36. The van der Waals surface area contributed by atoms with Crippen molar-refractivity contribution in [2.75, 3.05) is 19.6 Å². The van der Waals surface area contributed by atoms with Gasteiger partial charge < -0.3 is 10.2 Å². The van der Waals surface area contributed by atoms with Crippen molar-refractivity contribution >= 4 is 15.9 Å². The van der Waals surface area contributed by atoms with E-state index in [-0.39, 0.29) is 0 Å². The number of rotatable bonds is 5. The van der Waals surface area contributed by atoms with Crippen molar-refractivity contribution < 1.29 is 0 Å². The number of hydrogen-bond acceptors (Lipinski definition) is 2. The average Bonchev–Trinajstić information content (AvgIpc) is 2.42. The number of likely N-dealkylation sites (tertiary alicyclic amines) is 1. The Morgan fingerprint density at radius 3 is 2.63 bits per heavy atom. The molecule has 0 amide bonds. The highest BCUT2D eigenvalue weighted by Crippen LogP contribution is 2.24. The Hall–Kier alpha value is -0.380. The van der Waals surface area contributed by atoms with E-state index < -0.39 is 0 Å². The van der Waals surface area contributed by atoms with E-state index in [2.05, 4.69) is 64.3 Å². The first-order valence-corrected chi connectivity index (χ1v) is 8.22. The minimum absolute atomic E-state index is 0.415. The van der Waals surface area contributed by atoms with Gasteiger partial charge in [-0.25, -0.2) is 0 Å². The van der Waals surface area contributed by atoms with Crippen LogP contribution in [0.25, 0.3) is 0 Å². The SMILES string of the molecule is CCCN1CCC(N[C@@H](C)c2ccccc2Br)CC1. The second-order valence-electron chi connectivity index (χ2n) is 5.53. The van der Waals surface area contributed by atoms with E-state index in [9.17, 15) is 0 Å². The summed E-state index contributed by atoms with van der Waals surface area (Å²) in [6, 6.07) is 9.59. The van der Waals surface area contributed by atoms with Crippen LogP contribution in [0, 0.1) is 0 Å². The number of nitrogens with one attached hydrogen (secondary N) is 1. The Kier molecular flexibility index (Phi) is 5.86. The lowest BCUT2D eigenvalue weighted by Gasteiger charge is -2.34. The van der Waals surface area contributed by atoms with Gasteiger partial charge in [0, 0.05) is 16.6 Å². The van der Waals surface area contributed by atoms with Gasteiger partial charge in [0.1, 0.15) is 0 Å². The predicted octanol–water partition coefficient (Wildman–Crippen LogP) is 3.97. The van der Waals surface area contributed by atoms with Gasteiger partial charge in [-0.15, -0.1) is 0 Å². The van der Waals surface area contributed by atoms with Crippen LogP contribution in [0.2, 0.25) is 0 Å². The topological polar surface area (TPSA) is 15.3 Å². The molecule has 0 unspecified atom stereocenters. The summed E-state index contributed by atoms with van der Waals surface area (Å²) in [4.78, 5) is 2.58. The van der Waals surface area contributed by atoms with Crippen molar-refractivity contribution in [2.24, 2.45) is 0 Å². The molecule has 3 heteroatoms. The summed E-state index contributed by atoms with van der Waals surface area (Å²) in [5.74, 6) is 0. The highest BCUT2D eigenvalue weighted by atomic mass is 79.9. The van der Waals surface area contributed by atoms with Gasteiger partial charge in [-0.05, 0) is 57.5 Å². The first kappa shape index (κ1) is 15.0. The van der Waals surface area contributed by atoms with E-state index in [4.69, 9.17) is 0 Å². The van der Waals surface area contributed by atoms with E-state index in [1.807, 2.05) is 0 Å². The Morgan fingerprint density at radius 1 is 1.32 bits per heavy atom. The molecule has 0 aromatic heterocycles. The maximum atomic E-state index is 3.78. The standard InChI is InChI=1S/C16H25BrN2/c1-3-10-19-11-8-14(9-12-19)18-13(2)15-6-4-5-7-16(15)17/h4-7,13-14,18H,3,8-12H2,1-2H3/t13-/m0/s1. The molecular formula is C16H25BrN2. The minimum atomic E-state index is 0.415. The average molecular weight is 325 g/mol. The minimum Gasteiger partial charge on any atom is -0.307 e. The lowest BCUT2D eigenvalue weighted by atomic mass is 10.0. The molecule has 2 nitrogen and oxygen atoms in total. The molecule has 1 fully saturated rings. The molecule has 2 rings (SSSR count). The van der Waals surface area contributed by atoms with Crippen molar-refractivity contribution in [3.63, 3.8) is 0 Å². The van der Waals surface area contributed by atoms with E-state index in [1.165, 1.54) is 48.9 Å². The molecule has 0 bridgehead atoms. The fourth-order valence-corrected chi connectivity index (χ4v) is 3.54. The number of nitrogens with zero attached hydrogens (tertiary/aromatic N) is 1. The summed E-state index contributed by atoms with van der Waals surface area (Å²) >= 11 is 3.64. The molecule has 19 heavy (non-hydrogen) atoms. The van der Waals surface area contributed by atoms with Crippen molar-refractivity contribution in [1.82, 2.24) is 10.2 Å². The third kappa shape index (κ3) is 4.30. The molecular weight excluding hydrogens is 300 g/mol. The van der Waals surface area contributed by atoms with Gasteiger partial charge in [0.15, 0.2) is 0 Å². The van der Waals surface area contributed by atoms with Gasteiger partial charge in [-0.3, -0.25) is 0 Å². The highest BCUT2D eigenvalue weighted by Gasteiger charge is 2.20. The largest absolute Gasteiger partial charge is 0.307 e. The van der Waals surface area contributed by atoms with E-state index in [0.29, 0.717) is 12.1 Å². The number of benzene rings is 1. The van der Waals surface area contributed by atoms with Crippen LogP contribution in [0.15, 0.2) is 28.7 Å². The second-order valence-corrected chi connectivity index (χ2v) is 6.38. The monoisotopic (exact) mass is 324 g/mol. The third-order valence-electron chi connectivity index (χ3n) is 3.98. The first-order valence-electron chi connectivity index (χ1n) is 7.43. The van der Waals surface area contributed by atoms with Crippen molar-refractivity contribution in [1.29, 1.82) is 0 Å². The van der Waals surface area contributed by atoms with Gasteiger partial charge in [0.05, 0.1) is 0 Å². The van der Waals surface area contributed by atoms with Crippen LogP contribution >= 0.6 is 15.9 Å². The van der Waals surface area contributed by atoms with Gasteiger partial charge >= 0.3 is 0 Å². The third-order valence-corrected chi connectivity index (χ3v) is 4.71. The second kappa shape index (κ2) is 7.41. The lowest BCUT2D eigenvalue weighted by molar-refractivity contribution is 0.192. The molecule has 0 radical (unpaired) electrons. The molecule has 106 valence electrons. The summed E-state index contributed by atoms with van der Waals surface area (Å²) in [6.45, 7) is 8.27. The highest BCUT2D eigenvalue weighted by molar-refractivity contribution is 9.10. The maximum absolute atomic E-state index is 3.78. The molecule has 0 saturated carbocycles. The van der Waals surface area contributed by atoms with Crippen molar-refractivity contribution in [2.45, 2.75) is 45.2 Å². The summed E-state index contributed by atoms with van der Waals surface area (Å²) in [7, 11) is 0. The lowest BCUT2D eigenvalue weighted by Crippen LogP contribution is -2.43. The van der Waals surface area contributed by atoms with E-state index >= 15 is 0 Å². The van der Waals surface area contributed by atoms with E-state index in [1.54, 1.807) is 0 Å². The van der Waals surface area contributed by atoms with Gasteiger partial charge in [0.25, 0.3) is 0 Å². The van der Waals surface area contributed by atoms with Gasteiger partial charge in [-0.2, -0.15) is 0 Å². The van der Waals surface area contributed by atoms with Crippen LogP contribution in [-0.2, 0) is 0 Å². The van der Waals surface area contributed by atoms with Crippen LogP contribution in [-0.4, -0.2) is 30.6 Å². The first-order chi connectivity index (χ1) is 9.20. The smallest absolute Gasteiger partial charge is 0.0305 e. The van der Waals surface area contributed by atoms with Crippen molar-refractivity contribution in [3.8, 4) is 0 Å². The maximum Gasteiger partial charge on any atom is 0.0305 e. The van der Waals surface area contributed by atoms with Crippen molar-refractivity contribution in [3.05, 3.63) is 34.3 Å². The van der Waals surface area contributed by atoms with E-state index in [0.717, 1.165) is 0 Å². The zero-order valence-corrected chi connectivity index (χ0v) is 13.6. The molecule has 1 N–H and O–H groups in total. The molecule has 1 atom stereocenters. The Bertz CT molecular complexity index is 386. The van der Waals surface area contributed by atoms with Crippen LogP contribution < -0.4 is 5.32 Å². The molecule has 0 spiro atoms. The molecule has 1 aliphatic heterocycles. The molecule has 1 aromatic rings. The fourth-order valence-electron chi connectivity index (χ4n) is 2.91. The Labute approximate surface area is 125 Å². The number of hydrogen-bond donors (Lipinski definition) is 1. The molecule has 1 saturated heterocycles. The zero-order chi connectivity index (χ0) is 13.7. The quantitative estimate of drug-likeness (QED) is 0.881. The molecule has 0 aliphatic carbocycles. The van der Waals surface area contributed by atoms with Crippen LogP contribution in [0.3, 0.4) is 0 Å². The number of halogens is 1. The van der Waals surface area contributed by atoms with Crippen LogP contribution in [0.1, 0.15) is 44.7 Å². The Balaban J connectivity index is 1.84. The summed E-state index contributed by atoms with van der Waals surface area (Å²) < 4.78 is 1.21. The molecule has 1 aliphatic rings. The fraction of sp³-hybridized carbons (Fsp3) is 0.625. The zero-order valence-electron chi connectivity index (χ0n) is 12.0. The summed E-state index contributed by atoms with van der Waals surface area (Å²) in [5, 5.41) is 3.78. The molecule has 1 aromatic carbocycles. The predicted molar refractivity (Wildman–Crippen MR) is 85.4 cm³/mol. The van der Waals surface area contributed by atoms with Gasteiger partial charge in [0.2, 0.25) is 0 Å². The normalized spacial score (nSPS) is 19.5. The Morgan fingerprint density at radius 2 is 2.00 bits per heavy atom.